The molecule has 1 amide bonds. The summed E-state index contributed by atoms with van der Waals surface area (Å²) < 4.78 is 0. The molecule has 1 aliphatic heterocycles. The number of nitrogens with zero attached hydrogens (tertiary/aromatic N) is 2. The standard InChI is InChI=1S/C20H20N2O3S2/c23-17(8-9-18(24)25)22-20(16-7-3-11-27-16)15-6-1-4-13(19(15)21-22)12-14-5-2-10-26-14/h2-3,5,7,10-12,15,20H,1,4,6,8-9H2,(H,24,25)/b13-12+. The van der Waals surface area contributed by atoms with E-state index >= 15 is 0 Å². The van der Waals surface area contributed by atoms with Crippen molar-refractivity contribution in [1.82, 2.24) is 5.01 Å². The number of carboxylic acids is 1. The van der Waals surface area contributed by atoms with Gasteiger partial charge in [-0.15, -0.1) is 22.7 Å². The molecule has 0 aromatic carbocycles. The second-order valence-corrected chi connectivity index (χ2v) is 8.72. The Kier molecular flexibility index (Phi) is 5.22. The van der Waals surface area contributed by atoms with Gasteiger partial charge in [0.25, 0.3) is 0 Å². The molecule has 3 heterocycles. The Bertz CT molecular complexity index is 884. The average Bonchev–Trinajstić information content (AvgIpc) is 3.39. The van der Waals surface area contributed by atoms with Gasteiger partial charge in [0.15, 0.2) is 0 Å². The number of fused-ring (bicyclic) bond motifs is 1. The highest BCUT2D eigenvalue weighted by Gasteiger charge is 2.44. The lowest BCUT2D eigenvalue weighted by Crippen LogP contribution is -2.31. The lowest BCUT2D eigenvalue weighted by molar-refractivity contribution is -0.141. The third-order valence-electron chi connectivity index (χ3n) is 5.00. The molecule has 0 saturated heterocycles. The van der Waals surface area contributed by atoms with E-state index < -0.39 is 5.97 Å². The van der Waals surface area contributed by atoms with Crippen molar-refractivity contribution >= 4 is 46.3 Å². The van der Waals surface area contributed by atoms with Crippen molar-refractivity contribution in [3.05, 3.63) is 50.4 Å². The van der Waals surface area contributed by atoms with Crippen molar-refractivity contribution in [1.29, 1.82) is 0 Å². The van der Waals surface area contributed by atoms with E-state index in [1.165, 1.54) is 10.5 Å². The van der Waals surface area contributed by atoms with E-state index in [-0.39, 0.29) is 30.7 Å². The smallest absolute Gasteiger partial charge is 0.303 e. The Morgan fingerprint density at radius 2 is 2.04 bits per heavy atom. The molecule has 0 radical (unpaired) electrons. The van der Waals surface area contributed by atoms with E-state index in [0.29, 0.717) is 0 Å². The number of rotatable bonds is 5. The van der Waals surface area contributed by atoms with Crippen LogP contribution in [0.3, 0.4) is 0 Å². The molecule has 0 bridgehead atoms. The predicted molar refractivity (Wildman–Crippen MR) is 108 cm³/mol. The summed E-state index contributed by atoms with van der Waals surface area (Å²) in [5, 5.41) is 19.3. The number of hydrogen-bond acceptors (Lipinski definition) is 5. The number of carbonyl (C=O) groups is 2. The minimum absolute atomic E-state index is 0.0231. The van der Waals surface area contributed by atoms with E-state index in [2.05, 4.69) is 17.5 Å². The highest BCUT2D eigenvalue weighted by atomic mass is 32.1. The second-order valence-electron chi connectivity index (χ2n) is 6.76. The van der Waals surface area contributed by atoms with Crippen LogP contribution in [0.25, 0.3) is 6.08 Å². The third-order valence-corrected chi connectivity index (χ3v) is 6.77. The molecule has 2 unspecified atom stereocenters. The minimum Gasteiger partial charge on any atom is -0.481 e. The molecule has 0 spiro atoms. The van der Waals surface area contributed by atoms with Gasteiger partial charge in [0.1, 0.15) is 0 Å². The van der Waals surface area contributed by atoms with Crippen LogP contribution in [0.15, 0.2) is 45.7 Å². The van der Waals surface area contributed by atoms with Gasteiger partial charge in [-0.3, -0.25) is 9.59 Å². The topological polar surface area (TPSA) is 70.0 Å². The van der Waals surface area contributed by atoms with Crippen molar-refractivity contribution in [3.63, 3.8) is 0 Å². The zero-order valence-electron chi connectivity index (χ0n) is 14.7. The van der Waals surface area contributed by atoms with Crippen molar-refractivity contribution in [3.8, 4) is 0 Å². The van der Waals surface area contributed by atoms with Gasteiger partial charge in [-0.05, 0) is 53.8 Å². The summed E-state index contributed by atoms with van der Waals surface area (Å²) in [6.45, 7) is 0. The first-order chi connectivity index (χ1) is 13.1. The van der Waals surface area contributed by atoms with Crippen LogP contribution < -0.4 is 0 Å². The molecule has 1 N–H and O–H groups in total. The Morgan fingerprint density at radius 3 is 2.74 bits per heavy atom. The third kappa shape index (κ3) is 3.75. The summed E-state index contributed by atoms with van der Waals surface area (Å²) in [4.78, 5) is 26.0. The number of carboxylic acid groups (broad SMARTS) is 1. The van der Waals surface area contributed by atoms with Crippen LogP contribution in [-0.2, 0) is 9.59 Å². The summed E-state index contributed by atoms with van der Waals surface area (Å²) >= 11 is 3.32. The maximum absolute atomic E-state index is 12.8. The van der Waals surface area contributed by atoms with Gasteiger partial charge >= 0.3 is 5.97 Å². The summed E-state index contributed by atoms with van der Waals surface area (Å²) in [6.07, 6.45) is 5.02. The molecule has 2 aliphatic rings. The molecule has 7 heteroatoms. The zero-order chi connectivity index (χ0) is 18.8. The lowest BCUT2D eigenvalue weighted by atomic mass is 9.79. The van der Waals surface area contributed by atoms with Crippen molar-refractivity contribution in [2.75, 3.05) is 0 Å². The minimum atomic E-state index is -0.960. The predicted octanol–water partition coefficient (Wildman–Crippen LogP) is 4.80. The molecule has 2 aromatic rings. The zero-order valence-corrected chi connectivity index (χ0v) is 16.3. The van der Waals surface area contributed by atoms with Gasteiger partial charge in [-0.2, -0.15) is 5.10 Å². The first-order valence-electron chi connectivity index (χ1n) is 9.03. The van der Waals surface area contributed by atoms with Crippen LogP contribution in [0, 0.1) is 5.92 Å². The van der Waals surface area contributed by atoms with Crippen LogP contribution in [-0.4, -0.2) is 27.7 Å². The molecule has 27 heavy (non-hydrogen) atoms. The number of carbonyl (C=O) groups excluding carboxylic acids is 1. The van der Waals surface area contributed by atoms with Gasteiger partial charge in [0.05, 0.1) is 18.2 Å². The number of thiophene rings is 2. The molecular formula is C20H20N2O3S2. The Hall–Kier alpha value is -2.25. The van der Waals surface area contributed by atoms with Crippen LogP contribution in [0.1, 0.15) is 47.9 Å². The number of amides is 1. The molecular weight excluding hydrogens is 380 g/mol. The fraction of sp³-hybridized carbons (Fsp3) is 0.350. The van der Waals surface area contributed by atoms with Crippen LogP contribution >= 0.6 is 22.7 Å². The van der Waals surface area contributed by atoms with Gasteiger partial charge < -0.3 is 5.11 Å². The fourth-order valence-corrected chi connectivity index (χ4v) is 5.38. The Labute approximate surface area is 165 Å². The molecule has 2 atom stereocenters. The Morgan fingerprint density at radius 1 is 1.22 bits per heavy atom. The normalized spacial score (nSPS) is 23.3. The molecule has 140 valence electrons. The number of hydrazone groups is 1. The highest BCUT2D eigenvalue weighted by Crippen LogP contribution is 2.45. The van der Waals surface area contributed by atoms with Gasteiger partial charge in [-0.1, -0.05) is 12.1 Å². The number of allylic oxidation sites excluding steroid dienone is 1. The summed E-state index contributed by atoms with van der Waals surface area (Å²) in [6, 6.07) is 8.03. The van der Waals surface area contributed by atoms with Gasteiger partial charge in [0, 0.05) is 22.1 Å². The summed E-state index contributed by atoms with van der Waals surface area (Å²) in [7, 11) is 0. The average molecular weight is 401 g/mol. The molecule has 2 aromatic heterocycles. The van der Waals surface area contributed by atoms with Crippen molar-refractivity contribution < 1.29 is 14.7 Å². The summed E-state index contributed by atoms with van der Waals surface area (Å²) in [5.41, 5.74) is 2.19. The Balaban J connectivity index is 1.68. The molecule has 1 saturated carbocycles. The maximum Gasteiger partial charge on any atom is 0.303 e. The molecule has 1 fully saturated rings. The maximum atomic E-state index is 12.8. The lowest BCUT2D eigenvalue weighted by Gasteiger charge is -2.28. The van der Waals surface area contributed by atoms with E-state index in [9.17, 15) is 9.59 Å². The van der Waals surface area contributed by atoms with Crippen molar-refractivity contribution in [2.24, 2.45) is 11.0 Å². The first-order valence-corrected chi connectivity index (χ1v) is 10.8. The SMILES string of the molecule is O=C(O)CCC(=O)N1N=C2/C(=C/c3cccs3)CCCC2C1c1cccs1. The summed E-state index contributed by atoms with van der Waals surface area (Å²) in [5.74, 6) is -0.996. The van der Waals surface area contributed by atoms with E-state index in [0.717, 1.165) is 29.9 Å². The second kappa shape index (κ2) is 7.78. The van der Waals surface area contributed by atoms with Crippen LogP contribution in [0.2, 0.25) is 0 Å². The van der Waals surface area contributed by atoms with E-state index in [4.69, 9.17) is 10.2 Å². The fourth-order valence-electron chi connectivity index (χ4n) is 3.82. The molecule has 4 rings (SSSR count). The number of hydrogen-bond donors (Lipinski definition) is 1. The first kappa shape index (κ1) is 18.1. The molecule has 5 nitrogen and oxygen atoms in total. The molecule has 1 aliphatic carbocycles. The monoisotopic (exact) mass is 400 g/mol. The van der Waals surface area contributed by atoms with Gasteiger partial charge in [0.2, 0.25) is 5.91 Å². The van der Waals surface area contributed by atoms with E-state index in [1.54, 1.807) is 27.7 Å². The number of aliphatic carboxylic acids is 1. The van der Waals surface area contributed by atoms with Crippen molar-refractivity contribution in [2.45, 2.75) is 38.1 Å². The van der Waals surface area contributed by atoms with Crippen LogP contribution in [0.4, 0.5) is 0 Å². The largest absolute Gasteiger partial charge is 0.481 e. The quantitative estimate of drug-likeness (QED) is 0.784. The highest BCUT2D eigenvalue weighted by molar-refractivity contribution is 7.11. The van der Waals surface area contributed by atoms with Gasteiger partial charge in [-0.25, -0.2) is 5.01 Å². The van der Waals surface area contributed by atoms with E-state index in [1.807, 2.05) is 23.6 Å². The van der Waals surface area contributed by atoms with Crippen LogP contribution in [0.5, 0.6) is 0 Å².